The van der Waals surface area contributed by atoms with Gasteiger partial charge in [-0.25, -0.2) is 9.78 Å². The lowest BCUT2D eigenvalue weighted by atomic mass is 10.0. The molecule has 1 aromatic heterocycles. The number of nitriles is 1. The summed E-state index contributed by atoms with van der Waals surface area (Å²) < 4.78 is 10.1. The van der Waals surface area contributed by atoms with Crippen LogP contribution >= 0.6 is 0 Å². The number of carbonyl (C=O) groups is 1. The molecular formula is C16H14N2O3. The van der Waals surface area contributed by atoms with Gasteiger partial charge in [-0.2, -0.15) is 5.26 Å². The number of nitrogens with zero attached hydrogens (tertiary/aromatic N) is 2. The summed E-state index contributed by atoms with van der Waals surface area (Å²) in [6.45, 7) is 1.73. The maximum absolute atomic E-state index is 11.3. The van der Waals surface area contributed by atoms with Gasteiger partial charge in [-0.05, 0) is 18.6 Å². The molecule has 0 bridgehead atoms. The lowest BCUT2D eigenvalue weighted by Crippen LogP contribution is -2.15. The van der Waals surface area contributed by atoms with Crippen LogP contribution in [0.5, 0.6) is 5.88 Å². The Hall–Kier alpha value is -2.87. The lowest BCUT2D eigenvalue weighted by Gasteiger charge is -2.09. The van der Waals surface area contributed by atoms with Crippen molar-refractivity contribution in [1.29, 1.82) is 5.26 Å². The first-order chi connectivity index (χ1) is 10.3. The van der Waals surface area contributed by atoms with Crippen molar-refractivity contribution >= 4 is 5.97 Å². The zero-order chi connectivity index (χ0) is 15.1. The second-order valence-electron chi connectivity index (χ2n) is 4.11. The highest BCUT2D eigenvalue weighted by Crippen LogP contribution is 2.28. The number of benzene rings is 1. The van der Waals surface area contributed by atoms with Crippen molar-refractivity contribution in [2.24, 2.45) is 0 Å². The highest BCUT2D eigenvalue weighted by atomic mass is 16.6. The molecule has 0 aliphatic heterocycles. The Balaban J connectivity index is 2.28. The molecule has 0 N–H and O–H groups in total. The van der Waals surface area contributed by atoms with Gasteiger partial charge in [0.25, 0.3) is 0 Å². The number of esters is 1. The van der Waals surface area contributed by atoms with Gasteiger partial charge in [-0.3, -0.25) is 0 Å². The maximum Gasteiger partial charge on any atom is 0.344 e. The molecule has 0 atom stereocenters. The molecule has 0 aliphatic rings. The van der Waals surface area contributed by atoms with Crippen LogP contribution in [0.15, 0.2) is 42.6 Å². The minimum Gasteiger partial charge on any atom is -0.465 e. The second-order valence-corrected chi connectivity index (χ2v) is 4.11. The van der Waals surface area contributed by atoms with Crippen LogP contribution in [0.2, 0.25) is 0 Å². The Morgan fingerprint density at radius 2 is 2.05 bits per heavy atom. The summed E-state index contributed by atoms with van der Waals surface area (Å²) in [7, 11) is 0. The van der Waals surface area contributed by atoms with Crippen LogP contribution in [0.3, 0.4) is 0 Å². The van der Waals surface area contributed by atoms with E-state index >= 15 is 0 Å². The minimum absolute atomic E-state index is 0.131. The molecule has 0 unspecified atom stereocenters. The van der Waals surface area contributed by atoms with Crippen LogP contribution in [0.25, 0.3) is 11.1 Å². The van der Waals surface area contributed by atoms with Crippen LogP contribution in [0, 0.1) is 11.3 Å². The fourth-order valence-electron chi connectivity index (χ4n) is 1.85. The van der Waals surface area contributed by atoms with Gasteiger partial charge in [0, 0.05) is 11.8 Å². The van der Waals surface area contributed by atoms with E-state index < -0.39 is 5.97 Å². The predicted molar refractivity (Wildman–Crippen MR) is 76.5 cm³/mol. The Kier molecular flexibility index (Phi) is 4.89. The SMILES string of the molecule is CCOC(=O)COc1nccc(-c2ccccc2)c1C#N. The van der Waals surface area contributed by atoms with Gasteiger partial charge < -0.3 is 9.47 Å². The van der Waals surface area contributed by atoms with Crippen LogP contribution in [0.4, 0.5) is 0 Å². The smallest absolute Gasteiger partial charge is 0.344 e. The third-order valence-electron chi connectivity index (χ3n) is 2.74. The van der Waals surface area contributed by atoms with Crippen molar-refractivity contribution in [3.8, 4) is 23.1 Å². The number of rotatable bonds is 5. The standard InChI is InChI=1S/C16H14N2O3/c1-2-20-15(19)11-21-16-14(10-17)13(8-9-18-16)12-6-4-3-5-7-12/h3-9H,2,11H2,1H3. The van der Waals surface area contributed by atoms with E-state index in [9.17, 15) is 10.1 Å². The minimum atomic E-state index is -0.492. The van der Waals surface area contributed by atoms with Crippen molar-refractivity contribution in [3.63, 3.8) is 0 Å². The molecule has 0 saturated carbocycles. The van der Waals surface area contributed by atoms with Gasteiger partial charge in [0.1, 0.15) is 11.6 Å². The van der Waals surface area contributed by atoms with Crippen LogP contribution < -0.4 is 4.74 Å². The molecule has 0 spiro atoms. The molecular weight excluding hydrogens is 268 g/mol. The molecule has 1 heterocycles. The maximum atomic E-state index is 11.3. The largest absolute Gasteiger partial charge is 0.465 e. The number of aromatic nitrogens is 1. The summed E-state index contributed by atoms with van der Waals surface area (Å²) in [5, 5.41) is 9.34. The molecule has 106 valence electrons. The molecule has 0 amide bonds. The normalized spacial score (nSPS) is 9.71. The molecule has 0 radical (unpaired) electrons. The highest BCUT2D eigenvalue weighted by molar-refractivity contribution is 5.73. The van der Waals surface area contributed by atoms with E-state index in [-0.39, 0.29) is 19.1 Å². The number of carbonyl (C=O) groups excluding carboxylic acids is 1. The van der Waals surface area contributed by atoms with Crippen molar-refractivity contribution in [2.75, 3.05) is 13.2 Å². The van der Waals surface area contributed by atoms with E-state index in [4.69, 9.17) is 9.47 Å². The van der Waals surface area contributed by atoms with E-state index in [2.05, 4.69) is 11.1 Å². The van der Waals surface area contributed by atoms with Gasteiger partial charge in [-0.15, -0.1) is 0 Å². The topological polar surface area (TPSA) is 72.2 Å². The molecule has 0 fully saturated rings. The Bertz CT molecular complexity index is 663. The number of pyridine rings is 1. The first-order valence-corrected chi connectivity index (χ1v) is 6.49. The fraction of sp³-hybridized carbons (Fsp3) is 0.188. The number of hydrogen-bond donors (Lipinski definition) is 0. The summed E-state index contributed by atoms with van der Waals surface area (Å²) in [5.41, 5.74) is 1.90. The first-order valence-electron chi connectivity index (χ1n) is 6.49. The third kappa shape index (κ3) is 3.57. The zero-order valence-electron chi connectivity index (χ0n) is 11.6. The molecule has 1 aromatic carbocycles. The zero-order valence-corrected chi connectivity index (χ0v) is 11.6. The van der Waals surface area contributed by atoms with Gasteiger partial charge in [0.05, 0.1) is 6.61 Å². The summed E-state index contributed by atoms with van der Waals surface area (Å²) in [6, 6.07) is 13.3. The average Bonchev–Trinajstić information content (AvgIpc) is 2.53. The predicted octanol–water partition coefficient (Wildman–Crippen LogP) is 2.56. The van der Waals surface area contributed by atoms with Crippen molar-refractivity contribution in [3.05, 3.63) is 48.2 Å². The van der Waals surface area contributed by atoms with E-state index in [1.807, 2.05) is 30.3 Å². The van der Waals surface area contributed by atoms with E-state index in [0.717, 1.165) is 5.56 Å². The summed E-state index contributed by atoms with van der Waals surface area (Å²) in [5.74, 6) is -0.361. The molecule has 5 nitrogen and oxygen atoms in total. The number of ether oxygens (including phenoxy) is 2. The molecule has 2 rings (SSSR count). The first kappa shape index (κ1) is 14.5. The van der Waals surface area contributed by atoms with Crippen molar-refractivity contribution in [2.45, 2.75) is 6.92 Å². The summed E-state index contributed by atoms with van der Waals surface area (Å²) in [4.78, 5) is 15.3. The monoisotopic (exact) mass is 282 g/mol. The second kappa shape index (κ2) is 7.06. The molecule has 0 saturated heterocycles. The van der Waals surface area contributed by atoms with Gasteiger partial charge >= 0.3 is 5.97 Å². The lowest BCUT2D eigenvalue weighted by molar-refractivity contribution is -0.145. The summed E-state index contributed by atoms with van der Waals surface area (Å²) >= 11 is 0. The van der Waals surface area contributed by atoms with Crippen molar-refractivity contribution < 1.29 is 14.3 Å². The van der Waals surface area contributed by atoms with Crippen LogP contribution in [-0.4, -0.2) is 24.2 Å². The average molecular weight is 282 g/mol. The number of hydrogen-bond acceptors (Lipinski definition) is 5. The highest BCUT2D eigenvalue weighted by Gasteiger charge is 2.14. The van der Waals surface area contributed by atoms with Gasteiger partial charge in [0.15, 0.2) is 6.61 Å². The van der Waals surface area contributed by atoms with Crippen LogP contribution in [0.1, 0.15) is 12.5 Å². The van der Waals surface area contributed by atoms with Crippen LogP contribution in [-0.2, 0) is 9.53 Å². The quantitative estimate of drug-likeness (QED) is 0.788. The molecule has 0 aliphatic carbocycles. The van der Waals surface area contributed by atoms with Crippen molar-refractivity contribution in [1.82, 2.24) is 4.98 Å². The van der Waals surface area contributed by atoms with Gasteiger partial charge in [-0.1, -0.05) is 30.3 Å². The van der Waals surface area contributed by atoms with E-state index in [0.29, 0.717) is 11.1 Å². The Labute approximate surface area is 122 Å². The third-order valence-corrected chi connectivity index (χ3v) is 2.74. The molecule has 21 heavy (non-hydrogen) atoms. The van der Waals surface area contributed by atoms with E-state index in [1.165, 1.54) is 0 Å². The fourth-order valence-corrected chi connectivity index (χ4v) is 1.85. The summed E-state index contributed by atoms with van der Waals surface area (Å²) in [6.07, 6.45) is 1.55. The Morgan fingerprint density at radius 3 is 2.71 bits per heavy atom. The van der Waals surface area contributed by atoms with Gasteiger partial charge in [0.2, 0.25) is 5.88 Å². The molecule has 5 heteroatoms. The Morgan fingerprint density at radius 1 is 1.29 bits per heavy atom. The van der Waals surface area contributed by atoms with E-state index in [1.54, 1.807) is 19.2 Å². The molecule has 2 aromatic rings.